The second-order valence-corrected chi connectivity index (χ2v) is 10.4. The minimum Gasteiger partial charge on any atom is -0.507 e. The van der Waals surface area contributed by atoms with Gasteiger partial charge in [-0.15, -0.1) is 0 Å². The average molecular weight is 565 g/mol. The first kappa shape index (κ1) is 28.8. The van der Waals surface area contributed by atoms with Crippen molar-refractivity contribution in [2.24, 2.45) is 0 Å². The number of hydrogen-bond acceptors (Lipinski definition) is 13. The molecular formula is C27H32O13. The van der Waals surface area contributed by atoms with Crippen molar-refractivity contribution in [3.05, 3.63) is 58.1 Å². The van der Waals surface area contributed by atoms with Crippen molar-refractivity contribution in [2.45, 2.75) is 74.1 Å². The van der Waals surface area contributed by atoms with E-state index >= 15 is 0 Å². The third kappa shape index (κ3) is 4.58. The molecule has 0 aromatic heterocycles. The fourth-order valence-electron chi connectivity index (χ4n) is 5.78. The van der Waals surface area contributed by atoms with Gasteiger partial charge in [0.15, 0.2) is 0 Å². The van der Waals surface area contributed by atoms with Crippen molar-refractivity contribution in [1.82, 2.24) is 0 Å². The van der Waals surface area contributed by atoms with Gasteiger partial charge in [0.1, 0.15) is 60.3 Å². The van der Waals surface area contributed by atoms with Gasteiger partial charge in [-0.3, -0.25) is 4.79 Å². The van der Waals surface area contributed by atoms with E-state index in [1.165, 1.54) is 18.2 Å². The van der Waals surface area contributed by atoms with E-state index in [1.807, 2.05) is 0 Å². The quantitative estimate of drug-likeness (QED) is 0.182. The van der Waals surface area contributed by atoms with Gasteiger partial charge >= 0.3 is 0 Å². The zero-order chi connectivity index (χ0) is 29.0. The molecule has 2 heterocycles. The van der Waals surface area contributed by atoms with Crippen molar-refractivity contribution in [3.63, 3.8) is 0 Å². The maximum Gasteiger partial charge on any atom is 0.229 e. The van der Waals surface area contributed by atoms with Crippen molar-refractivity contribution in [2.75, 3.05) is 13.2 Å². The highest BCUT2D eigenvalue weighted by Gasteiger charge is 2.51. The molecule has 218 valence electrons. The minimum atomic E-state index is -1.77. The number of ether oxygens (including phenoxy) is 3. The standard InChI is InChI=1S/C27H32O13/c1-9-5-11-16(26-24(36)22(34)19(31)14(7-28)38-26)10-3-2-4-13(18(10)21(33)17(11)12(30)6-9)39-27-25(37)23(35)20(32)15(8-29)40-27/h2-6,14-16,19-20,22-32,34-37H,7-8H2,1H3/t14-,15-,16+,19-,20-,22+,23+,24-,25-,26+,27-/m1/s1. The number of aryl methyl sites for hydroxylation is 1. The van der Waals surface area contributed by atoms with Crippen LogP contribution in [0.3, 0.4) is 0 Å². The number of phenolic OH excluding ortho intramolecular Hbond substituents is 1. The summed E-state index contributed by atoms with van der Waals surface area (Å²) in [5.74, 6) is -2.21. The number of benzene rings is 2. The smallest absolute Gasteiger partial charge is 0.229 e. The highest BCUT2D eigenvalue weighted by Crippen LogP contribution is 2.48. The summed E-state index contributed by atoms with van der Waals surface area (Å²) < 4.78 is 17.1. The van der Waals surface area contributed by atoms with Crippen LogP contribution in [0.15, 0.2) is 30.3 Å². The Morgan fingerprint density at radius 3 is 2.05 bits per heavy atom. The Bertz CT molecular complexity index is 1260. The number of phenols is 1. The summed E-state index contributed by atoms with van der Waals surface area (Å²) in [5, 5.41) is 92.7. The largest absolute Gasteiger partial charge is 0.507 e. The molecule has 3 aliphatic rings. The first-order valence-electron chi connectivity index (χ1n) is 12.8. The molecule has 1 aliphatic carbocycles. The second-order valence-electron chi connectivity index (χ2n) is 10.4. The molecule has 0 amide bonds. The van der Waals surface area contributed by atoms with Crippen LogP contribution in [0.4, 0.5) is 0 Å². The Balaban J connectivity index is 1.63. The average Bonchev–Trinajstić information content (AvgIpc) is 2.92. The molecule has 2 aliphatic heterocycles. The third-order valence-corrected chi connectivity index (χ3v) is 7.82. The topological polar surface area (TPSA) is 227 Å². The Hall–Kier alpha value is -2.69. The first-order valence-corrected chi connectivity index (χ1v) is 12.8. The van der Waals surface area contributed by atoms with E-state index < -0.39 is 86.1 Å². The Kier molecular flexibility index (Phi) is 7.89. The normalized spacial score (nSPS) is 37.5. The van der Waals surface area contributed by atoms with Gasteiger partial charge in [-0.25, -0.2) is 0 Å². The van der Waals surface area contributed by atoms with Gasteiger partial charge in [-0.1, -0.05) is 18.2 Å². The van der Waals surface area contributed by atoms with Gasteiger partial charge in [0, 0.05) is 5.92 Å². The monoisotopic (exact) mass is 564 g/mol. The molecule has 13 heteroatoms. The molecule has 11 atom stereocenters. The Morgan fingerprint density at radius 1 is 0.775 bits per heavy atom. The lowest BCUT2D eigenvalue weighted by Gasteiger charge is -2.45. The molecule has 0 saturated carbocycles. The van der Waals surface area contributed by atoms with E-state index in [0.29, 0.717) is 5.56 Å². The highest BCUT2D eigenvalue weighted by molar-refractivity contribution is 6.16. The molecule has 40 heavy (non-hydrogen) atoms. The van der Waals surface area contributed by atoms with Gasteiger partial charge in [0.05, 0.1) is 30.4 Å². The molecular weight excluding hydrogens is 532 g/mol. The van der Waals surface area contributed by atoms with Crippen LogP contribution in [-0.4, -0.2) is 126 Å². The SMILES string of the molecule is Cc1cc(O)c2c(c1)[C@@H]([C@@H]1O[C@H](CO)[C@@H](O)[C@H](O)[C@H]1O)c1cccc(O[C@@H]3O[C@H](CO)[C@@H](O)[C@H](O)[C@H]3O)c1C2=O. The first-order chi connectivity index (χ1) is 19.0. The number of ketones is 1. The van der Waals surface area contributed by atoms with Gasteiger partial charge in [-0.05, 0) is 35.7 Å². The summed E-state index contributed by atoms with van der Waals surface area (Å²) in [6.45, 7) is 0.311. The summed E-state index contributed by atoms with van der Waals surface area (Å²) >= 11 is 0. The maximum atomic E-state index is 13.9. The number of carbonyl (C=O) groups is 1. The lowest BCUT2D eigenvalue weighted by atomic mass is 9.71. The number of rotatable bonds is 5. The summed E-state index contributed by atoms with van der Waals surface area (Å²) in [6, 6.07) is 7.41. The minimum absolute atomic E-state index is 0.104. The van der Waals surface area contributed by atoms with Crippen LogP contribution >= 0.6 is 0 Å². The summed E-state index contributed by atoms with van der Waals surface area (Å²) in [6.07, 6.45) is -15.5. The van der Waals surface area contributed by atoms with E-state index in [1.54, 1.807) is 19.1 Å². The molecule has 2 fully saturated rings. The predicted molar refractivity (Wildman–Crippen MR) is 133 cm³/mol. The molecule has 2 aromatic carbocycles. The number of aliphatic hydroxyl groups is 8. The summed E-state index contributed by atoms with van der Waals surface area (Å²) in [5.41, 5.74) is 0.854. The number of fused-ring (bicyclic) bond motifs is 2. The van der Waals surface area contributed by atoms with E-state index in [2.05, 4.69) is 0 Å². The molecule has 0 unspecified atom stereocenters. The van der Waals surface area contributed by atoms with Crippen LogP contribution in [0.2, 0.25) is 0 Å². The van der Waals surface area contributed by atoms with Gasteiger partial charge < -0.3 is 60.2 Å². The Morgan fingerprint density at radius 2 is 1.40 bits per heavy atom. The van der Waals surface area contributed by atoms with Crippen LogP contribution in [-0.2, 0) is 9.47 Å². The zero-order valence-electron chi connectivity index (χ0n) is 21.3. The highest BCUT2D eigenvalue weighted by atomic mass is 16.7. The molecule has 2 aromatic rings. The fourth-order valence-corrected chi connectivity index (χ4v) is 5.78. The van der Waals surface area contributed by atoms with Crippen LogP contribution < -0.4 is 4.74 Å². The summed E-state index contributed by atoms with van der Waals surface area (Å²) in [7, 11) is 0. The van der Waals surface area contributed by atoms with Gasteiger partial charge in [-0.2, -0.15) is 0 Å². The van der Waals surface area contributed by atoms with Gasteiger partial charge in [0.2, 0.25) is 12.1 Å². The molecule has 9 N–H and O–H groups in total. The molecule has 2 saturated heterocycles. The predicted octanol–water partition coefficient (Wildman–Crippen LogP) is -2.60. The third-order valence-electron chi connectivity index (χ3n) is 7.82. The molecule has 0 radical (unpaired) electrons. The molecule has 0 spiro atoms. The molecule has 13 nitrogen and oxygen atoms in total. The van der Waals surface area contributed by atoms with E-state index in [-0.39, 0.29) is 33.8 Å². The lowest BCUT2D eigenvalue weighted by molar-refractivity contribution is -0.277. The summed E-state index contributed by atoms with van der Waals surface area (Å²) in [4.78, 5) is 13.9. The maximum absolute atomic E-state index is 13.9. The Labute approximate surface area is 228 Å². The molecule has 5 rings (SSSR count). The molecule has 0 bridgehead atoms. The van der Waals surface area contributed by atoms with Crippen molar-refractivity contribution < 1.29 is 65.0 Å². The van der Waals surface area contributed by atoms with E-state index in [9.17, 15) is 50.8 Å². The van der Waals surface area contributed by atoms with Crippen LogP contribution in [0.25, 0.3) is 0 Å². The number of aromatic hydroxyl groups is 1. The van der Waals surface area contributed by atoms with Crippen LogP contribution in [0, 0.1) is 6.92 Å². The van der Waals surface area contributed by atoms with Gasteiger partial charge in [0.25, 0.3) is 0 Å². The number of carbonyl (C=O) groups excluding carboxylic acids is 1. The van der Waals surface area contributed by atoms with Crippen LogP contribution in [0.5, 0.6) is 11.5 Å². The zero-order valence-corrected chi connectivity index (χ0v) is 21.3. The van der Waals surface area contributed by atoms with E-state index in [4.69, 9.17) is 14.2 Å². The van der Waals surface area contributed by atoms with Crippen molar-refractivity contribution in [1.29, 1.82) is 0 Å². The second kappa shape index (κ2) is 10.9. The van der Waals surface area contributed by atoms with E-state index in [0.717, 1.165) is 0 Å². The van der Waals surface area contributed by atoms with Crippen molar-refractivity contribution in [3.8, 4) is 11.5 Å². The van der Waals surface area contributed by atoms with Crippen molar-refractivity contribution >= 4 is 5.78 Å². The number of hydrogen-bond donors (Lipinski definition) is 9. The van der Waals surface area contributed by atoms with Crippen LogP contribution in [0.1, 0.15) is 38.5 Å². The lowest BCUT2D eigenvalue weighted by Crippen LogP contribution is -2.60. The fraction of sp³-hybridized carbons (Fsp3) is 0.519. The number of aliphatic hydroxyl groups excluding tert-OH is 8.